The van der Waals surface area contributed by atoms with Gasteiger partial charge in [0.25, 0.3) is 5.91 Å². The molecule has 2 aliphatic rings. The summed E-state index contributed by atoms with van der Waals surface area (Å²) in [6, 6.07) is 13.9. The maximum atomic E-state index is 12.9. The zero-order valence-corrected chi connectivity index (χ0v) is 19.9. The molecule has 12 heteroatoms. The van der Waals surface area contributed by atoms with Gasteiger partial charge in [-0.3, -0.25) is 10.0 Å². The minimum Gasteiger partial charge on any atom is -0.489 e. The summed E-state index contributed by atoms with van der Waals surface area (Å²) in [6.45, 7) is 1.52. The molecule has 2 amide bonds. The molecule has 0 bridgehead atoms. The zero-order valence-electron chi connectivity index (χ0n) is 19.1. The van der Waals surface area contributed by atoms with E-state index in [-0.39, 0.29) is 10.9 Å². The van der Waals surface area contributed by atoms with Crippen molar-refractivity contribution >= 4 is 33.3 Å². The number of hydrogen-bond donors (Lipinski definition) is 4. The summed E-state index contributed by atoms with van der Waals surface area (Å²) in [4.78, 5) is 26.0. The first-order chi connectivity index (χ1) is 16.6. The van der Waals surface area contributed by atoms with Crippen molar-refractivity contribution in [3.8, 4) is 5.75 Å². The molecule has 1 atom stereocenters. The molecule has 4 rings (SSSR count). The number of benzene rings is 2. The molecule has 1 unspecified atom stereocenters. The predicted molar refractivity (Wildman–Crippen MR) is 127 cm³/mol. The quantitative estimate of drug-likeness (QED) is 0.329. The standard InChI is InChI=1S/C23H26N4O7S/c1-15-11-16(19-5-3-4-6-20(19)26(15)2)12-34-17-7-9-18(10-8-17)35(32,33)25-23(21(28)24-31)13-27(14-23)22(29)30/h3-11,15,25,31H,12-14H2,1-2H3,(H,24,28)(H,29,30). The summed E-state index contributed by atoms with van der Waals surface area (Å²) in [7, 11) is -2.17. The summed E-state index contributed by atoms with van der Waals surface area (Å²) in [5.74, 6) is -0.586. The third kappa shape index (κ3) is 4.67. The molecule has 11 nitrogen and oxygen atoms in total. The number of carbonyl (C=O) groups excluding carboxylic acids is 1. The molecule has 2 aromatic rings. The lowest BCUT2D eigenvalue weighted by molar-refractivity contribution is -0.141. The molecule has 0 aliphatic carbocycles. The van der Waals surface area contributed by atoms with E-state index in [1.807, 2.05) is 31.3 Å². The summed E-state index contributed by atoms with van der Waals surface area (Å²) in [6.07, 6.45) is 0.819. The Labute approximate surface area is 202 Å². The number of hydroxylamine groups is 1. The van der Waals surface area contributed by atoms with Gasteiger partial charge in [0.2, 0.25) is 10.0 Å². The number of nitrogens with one attached hydrogen (secondary N) is 2. The summed E-state index contributed by atoms with van der Waals surface area (Å²) in [5, 5.41) is 18.0. The molecule has 35 heavy (non-hydrogen) atoms. The molecule has 0 spiro atoms. The Morgan fingerprint density at radius 1 is 1.14 bits per heavy atom. The molecule has 0 radical (unpaired) electrons. The van der Waals surface area contributed by atoms with Gasteiger partial charge in [0.15, 0.2) is 0 Å². The van der Waals surface area contributed by atoms with Crippen LogP contribution in [0.15, 0.2) is 59.5 Å². The lowest BCUT2D eigenvalue weighted by Gasteiger charge is -2.46. The van der Waals surface area contributed by atoms with Crippen molar-refractivity contribution in [1.29, 1.82) is 0 Å². The molecule has 1 saturated heterocycles. The minimum atomic E-state index is -4.20. The van der Waals surface area contributed by atoms with Gasteiger partial charge < -0.3 is 19.6 Å². The molecule has 1 fully saturated rings. The number of likely N-dealkylation sites (N-methyl/N-ethyl adjacent to an activating group) is 1. The fraction of sp³-hybridized carbons (Fsp3) is 0.304. The minimum absolute atomic E-state index is 0.138. The van der Waals surface area contributed by atoms with Crippen LogP contribution in [0.3, 0.4) is 0 Å². The normalized spacial score (nSPS) is 18.7. The molecule has 2 heterocycles. The fourth-order valence-corrected chi connectivity index (χ4v) is 5.53. The number of para-hydroxylation sites is 1. The SMILES string of the molecule is CC1C=C(COc2ccc(S(=O)(=O)NC3(C(=O)NO)CN(C(=O)O)C3)cc2)c2ccccc2N1C. The molecule has 186 valence electrons. The molecule has 0 aromatic heterocycles. The Kier molecular flexibility index (Phi) is 6.45. The second-order valence-corrected chi connectivity index (χ2v) is 10.3. The van der Waals surface area contributed by atoms with Crippen molar-refractivity contribution in [2.45, 2.75) is 23.4 Å². The molecule has 4 N–H and O–H groups in total. The van der Waals surface area contributed by atoms with E-state index in [9.17, 15) is 18.0 Å². The summed E-state index contributed by atoms with van der Waals surface area (Å²) >= 11 is 0. The van der Waals surface area contributed by atoms with Gasteiger partial charge in [-0.1, -0.05) is 24.3 Å². The van der Waals surface area contributed by atoms with Crippen LogP contribution in [0.2, 0.25) is 0 Å². The van der Waals surface area contributed by atoms with Gasteiger partial charge in [-0.2, -0.15) is 4.72 Å². The van der Waals surface area contributed by atoms with Crippen molar-refractivity contribution < 1.29 is 33.1 Å². The molecule has 2 aromatic carbocycles. The van der Waals surface area contributed by atoms with Crippen molar-refractivity contribution in [3.05, 3.63) is 60.2 Å². The first-order valence-corrected chi connectivity index (χ1v) is 12.3. The Morgan fingerprint density at radius 3 is 2.43 bits per heavy atom. The van der Waals surface area contributed by atoms with E-state index >= 15 is 0 Å². The van der Waals surface area contributed by atoms with E-state index in [0.717, 1.165) is 21.7 Å². The van der Waals surface area contributed by atoms with Crippen LogP contribution in [0, 0.1) is 0 Å². The van der Waals surface area contributed by atoms with E-state index in [0.29, 0.717) is 12.4 Å². The topological polar surface area (TPSA) is 149 Å². The molecular formula is C23H26N4O7S. The zero-order chi connectivity index (χ0) is 25.4. The van der Waals surface area contributed by atoms with Crippen LogP contribution in [0.25, 0.3) is 5.57 Å². The number of ether oxygens (including phenoxy) is 1. The first-order valence-electron chi connectivity index (χ1n) is 10.8. The van der Waals surface area contributed by atoms with Gasteiger partial charge in [-0.05, 0) is 42.8 Å². The number of fused-ring (bicyclic) bond motifs is 1. The number of anilines is 1. The average molecular weight is 503 g/mol. The van der Waals surface area contributed by atoms with Crippen LogP contribution >= 0.6 is 0 Å². The summed E-state index contributed by atoms with van der Waals surface area (Å²) < 4.78 is 33.9. The number of rotatable bonds is 7. The number of carboxylic acid groups (broad SMARTS) is 1. The lowest BCUT2D eigenvalue weighted by atomic mass is 9.91. The maximum absolute atomic E-state index is 12.9. The van der Waals surface area contributed by atoms with Crippen LogP contribution in [0.5, 0.6) is 5.75 Å². The number of sulfonamides is 1. The van der Waals surface area contributed by atoms with E-state index in [4.69, 9.17) is 15.1 Å². The number of likely N-dealkylation sites (tertiary alicyclic amines) is 1. The van der Waals surface area contributed by atoms with Crippen molar-refractivity contribution in [1.82, 2.24) is 15.1 Å². The van der Waals surface area contributed by atoms with Gasteiger partial charge in [-0.25, -0.2) is 18.7 Å². The third-order valence-electron chi connectivity index (χ3n) is 6.27. The Hall–Kier alpha value is -3.61. The van der Waals surface area contributed by atoms with Crippen molar-refractivity contribution in [2.24, 2.45) is 0 Å². The van der Waals surface area contributed by atoms with Gasteiger partial charge >= 0.3 is 6.09 Å². The number of amides is 2. The van der Waals surface area contributed by atoms with Gasteiger partial charge in [-0.15, -0.1) is 0 Å². The smallest absolute Gasteiger partial charge is 0.407 e. The van der Waals surface area contributed by atoms with Gasteiger partial charge in [0, 0.05) is 24.3 Å². The maximum Gasteiger partial charge on any atom is 0.407 e. The summed E-state index contributed by atoms with van der Waals surface area (Å²) in [5.41, 5.74) is 2.79. The van der Waals surface area contributed by atoms with E-state index in [1.54, 1.807) is 0 Å². The van der Waals surface area contributed by atoms with Crippen LogP contribution in [0.1, 0.15) is 12.5 Å². The average Bonchev–Trinajstić information content (AvgIpc) is 2.82. The van der Waals surface area contributed by atoms with E-state index < -0.39 is 40.7 Å². The van der Waals surface area contributed by atoms with Crippen molar-refractivity contribution in [2.75, 3.05) is 31.6 Å². The van der Waals surface area contributed by atoms with Crippen LogP contribution in [0.4, 0.5) is 10.5 Å². The Bertz CT molecular complexity index is 1270. The van der Waals surface area contributed by atoms with Crippen LogP contribution in [-0.4, -0.2) is 74.0 Å². The van der Waals surface area contributed by atoms with Gasteiger partial charge in [0.1, 0.15) is 17.9 Å². The fourth-order valence-electron chi connectivity index (χ4n) is 4.19. The highest BCUT2D eigenvalue weighted by Crippen LogP contribution is 2.33. The predicted octanol–water partition coefficient (Wildman–Crippen LogP) is 1.50. The second kappa shape index (κ2) is 9.21. The number of nitrogens with zero attached hydrogens (tertiary/aromatic N) is 2. The highest BCUT2D eigenvalue weighted by Gasteiger charge is 2.54. The largest absolute Gasteiger partial charge is 0.489 e. The van der Waals surface area contributed by atoms with E-state index in [1.165, 1.54) is 29.7 Å². The molecule has 0 saturated carbocycles. The van der Waals surface area contributed by atoms with Crippen LogP contribution < -0.4 is 19.8 Å². The Morgan fingerprint density at radius 2 is 1.80 bits per heavy atom. The van der Waals surface area contributed by atoms with Crippen LogP contribution in [-0.2, 0) is 14.8 Å². The Balaban J connectivity index is 1.46. The number of hydrogen-bond acceptors (Lipinski definition) is 7. The lowest BCUT2D eigenvalue weighted by Crippen LogP contribution is -2.76. The molecular weight excluding hydrogens is 476 g/mol. The molecule has 2 aliphatic heterocycles. The van der Waals surface area contributed by atoms with E-state index in [2.05, 4.69) is 22.6 Å². The monoisotopic (exact) mass is 502 g/mol. The van der Waals surface area contributed by atoms with Crippen molar-refractivity contribution in [3.63, 3.8) is 0 Å². The highest BCUT2D eigenvalue weighted by atomic mass is 32.2. The third-order valence-corrected chi connectivity index (χ3v) is 7.82. The second-order valence-electron chi connectivity index (χ2n) is 8.59. The number of carbonyl (C=O) groups is 2. The van der Waals surface area contributed by atoms with Gasteiger partial charge in [0.05, 0.1) is 18.0 Å². The highest BCUT2D eigenvalue weighted by molar-refractivity contribution is 7.89. The first kappa shape index (κ1) is 24.5.